The quantitative estimate of drug-likeness (QED) is 0.325. The molecule has 3 N–H and O–H groups in total. The van der Waals surface area contributed by atoms with Crippen LogP contribution in [0.25, 0.3) is 11.3 Å². The minimum Gasteiger partial charge on any atom is -0.502 e. The van der Waals surface area contributed by atoms with Gasteiger partial charge in [0.2, 0.25) is 5.75 Å². The van der Waals surface area contributed by atoms with Gasteiger partial charge in [-0.3, -0.25) is 30.1 Å². The van der Waals surface area contributed by atoms with E-state index in [9.17, 15) is 30.1 Å². The average molecular weight is 396 g/mol. The summed E-state index contributed by atoms with van der Waals surface area (Å²) in [6.45, 7) is 0. The lowest BCUT2D eigenvalue weighted by Crippen LogP contribution is -2.18. The SMILES string of the molecule is O=C(NN=Cc1cc([N+](=O)[O-])cc([N+](=O)[O-])c1O)c1cc(-c2ccccc2)n[nH]1. The monoisotopic (exact) mass is 396 g/mol. The van der Waals surface area contributed by atoms with Gasteiger partial charge in [0.1, 0.15) is 5.69 Å². The number of nitrogens with one attached hydrogen (secondary N) is 2. The molecule has 29 heavy (non-hydrogen) atoms. The van der Waals surface area contributed by atoms with Crippen molar-refractivity contribution in [2.45, 2.75) is 0 Å². The zero-order chi connectivity index (χ0) is 21.0. The Kier molecular flexibility index (Phi) is 5.26. The number of phenolic OH excluding ortho intramolecular Hbond substituents is 1. The molecule has 146 valence electrons. The highest BCUT2D eigenvalue weighted by Gasteiger charge is 2.23. The van der Waals surface area contributed by atoms with Crippen LogP contribution in [0.1, 0.15) is 16.1 Å². The van der Waals surface area contributed by atoms with Crippen molar-refractivity contribution in [3.8, 4) is 17.0 Å². The molecule has 1 amide bonds. The summed E-state index contributed by atoms with van der Waals surface area (Å²) >= 11 is 0. The molecule has 0 spiro atoms. The molecule has 0 aliphatic carbocycles. The Bertz CT molecular complexity index is 1120. The summed E-state index contributed by atoms with van der Waals surface area (Å²) in [4.78, 5) is 32.2. The molecule has 3 rings (SSSR count). The molecule has 0 saturated heterocycles. The van der Waals surface area contributed by atoms with Crippen LogP contribution in [0.5, 0.6) is 5.75 Å². The van der Waals surface area contributed by atoms with Crippen molar-refractivity contribution < 1.29 is 19.7 Å². The Hall–Kier alpha value is -4.61. The van der Waals surface area contributed by atoms with Crippen molar-refractivity contribution in [1.82, 2.24) is 15.6 Å². The number of aromatic hydroxyl groups is 1. The number of nitro groups is 2. The number of nitro benzene ring substituents is 2. The highest BCUT2D eigenvalue weighted by atomic mass is 16.6. The Morgan fingerprint density at radius 3 is 2.52 bits per heavy atom. The Labute approximate surface area is 161 Å². The first-order valence-corrected chi connectivity index (χ1v) is 7.97. The van der Waals surface area contributed by atoms with Gasteiger partial charge in [0, 0.05) is 11.6 Å². The van der Waals surface area contributed by atoms with Crippen LogP contribution in [0, 0.1) is 20.2 Å². The van der Waals surface area contributed by atoms with E-state index in [2.05, 4.69) is 20.7 Å². The summed E-state index contributed by atoms with van der Waals surface area (Å²) in [5, 5.41) is 41.9. The van der Waals surface area contributed by atoms with Crippen LogP contribution < -0.4 is 5.43 Å². The van der Waals surface area contributed by atoms with Crippen LogP contribution in [0.4, 0.5) is 11.4 Å². The second kappa shape index (κ2) is 7.96. The van der Waals surface area contributed by atoms with Crippen LogP contribution in [-0.2, 0) is 0 Å². The molecule has 0 aliphatic heterocycles. The number of aromatic amines is 1. The van der Waals surface area contributed by atoms with Gasteiger partial charge >= 0.3 is 5.69 Å². The van der Waals surface area contributed by atoms with Crippen LogP contribution in [0.2, 0.25) is 0 Å². The number of rotatable bonds is 6. The van der Waals surface area contributed by atoms with E-state index in [4.69, 9.17) is 0 Å². The number of carbonyl (C=O) groups is 1. The summed E-state index contributed by atoms with van der Waals surface area (Å²) in [6, 6.07) is 12.1. The maximum absolute atomic E-state index is 12.1. The molecule has 12 nitrogen and oxygen atoms in total. The van der Waals surface area contributed by atoms with Crippen molar-refractivity contribution in [2.24, 2.45) is 5.10 Å². The van der Waals surface area contributed by atoms with Crippen molar-refractivity contribution in [3.05, 3.63) is 80.0 Å². The number of benzene rings is 2. The summed E-state index contributed by atoms with van der Waals surface area (Å²) in [6.07, 6.45) is 0.863. The number of hydrogen-bond donors (Lipinski definition) is 3. The first-order valence-electron chi connectivity index (χ1n) is 7.97. The van der Waals surface area contributed by atoms with Gasteiger partial charge in [-0.15, -0.1) is 0 Å². The third kappa shape index (κ3) is 4.21. The van der Waals surface area contributed by atoms with Gasteiger partial charge < -0.3 is 5.11 Å². The fraction of sp³-hybridized carbons (Fsp3) is 0. The number of phenols is 1. The number of hydrogen-bond acceptors (Lipinski definition) is 8. The smallest absolute Gasteiger partial charge is 0.318 e. The van der Waals surface area contributed by atoms with Gasteiger partial charge in [0.05, 0.1) is 33.4 Å². The number of aromatic nitrogens is 2. The second-order valence-corrected chi connectivity index (χ2v) is 5.65. The molecule has 12 heteroatoms. The zero-order valence-corrected chi connectivity index (χ0v) is 14.5. The molecule has 3 aromatic rings. The largest absolute Gasteiger partial charge is 0.502 e. The third-order valence-electron chi connectivity index (χ3n) is 3.77. The van der Waals surface area contributed by atoms with Gasteiger partial charge in [-0.25, -0.2) is 5.43 Å². The van der Waals surface area contributed by atoms with E-state index in [0.717, 1.165) is 17.8 Å². The van der Waals surface area contributed by atoms with Gasteiger partial charge in [0.25, 0.3) is 11.6 Å². The molecular weight excluding hydrogens is 384 g/mol. The average Bonchev–Trinajstić information content (AvgIpc) is 3.19. The highest BCUT2D eigenvalue weighted by Crippen LogP contribution is 2.33. The summed E-state index contributed by atoms with van der Waals surface area (Å²) in [5.74, 6) is -1.48. The lowest BCUT2D eigenvalue weighted by Gasteiger charge is -2.01. The molecule has 0 radical (unpaired) electrons. The minimum absolute atomic E-state index is 0.0928. The Morgan fingerprint density at radius 2 is 1.86 bits per heavy atom. The predicted octanol–water partition coefficient (Wildman–Crippen LogP) is 2.36. The third-order valence-corrected chi connectivity index (χ3v) is 3.77. The maximum Gasteiger partial charge on any atom is 0.318 e. The van der Waals surface area contributed by atoms with Gasteiger partial charge in [-0.2, -0.15) is 10.2 Å². The Morgan fingerprint density at radius 1 is 1.14 bits per heavy atom. The van der Waals surface area contributed by atoms with E-state index in [0.29, 0.717) is 11.8 Å². The standard InChI is InChI=1S/C17H12N6O6/c24-16-11(6-12(22(26)27)7-15(16)23(28)29)9-18-21-17(25)14-8-13(19-20-14)10-4-2-1-3-5-10/h1-9,24H,(H,19,20)(H,21,25). The molecule has 1 heterocycles. The highest BCUT2D eigenvalue weighted by molar-refractivity contribution is 5.94. The second-order valence-electron chi connectivity index (χ2n) is 5.65. The molecule has 0 aliphatic rings. The summed E-state index contributed by atoms with van der Waals surface area (Å²) < 4.78 is 0. The van der Waals surface area contributed by atoms with E-state index in [1.165, 1.54) is 6.07 Å². The molecule has 1 aromatic heterocycles. The van der Waals surface area contributed by atoms with Crippen LogP contribution in [0.3, 0.4) is 0 Å². The lowest BCUT2D eigenvalue weighted by molar-refractivity contribution is -0.394. The van der Waals surface area contributed by atoms with E-state index < -0.39 is 32.9 Å². The number of H-pyrrole nitrogens is 1. The lowest BCUT2D eigenvalue weighted by atomic mass is 10.1. The summed E-state index contributed by atoms with van der Waals surface area (Å²) in [7, 11) is 0. The number of non-ortho nitro benzene ring substituents is 1. The van der Waals surface area contributed by atoms with E-state index in [1.807, 2.05) is 30.3 Å². The number of hydrazone groups is 1. The summed E-state index contributed by atoms with van der Waals surface area (Å²) in [5.41, 5.74) is 1.80. The fourth-order valence-corrected chi connectivity index (χ4v) is 2.38. The number of nitrogens with zero attached hydrogens (tertiary/aromatic N) is 4. The van der Waals surface area contributed by atoms with E-state index in [-0.39, 0.29) is 11.3 Å². The van der Waals surface area contributed by atoms with E-state index >= 15 is 0 Å². The van der Waals surface area contributed by atoms with Crippen molar-refractivity contribution in [1.29, 1.82) is 0 Å². The molecule has 0 saturated carbocycles. The van der Waals surface area contributed by atoms with E-state index in [1.54, 1.807) is 0 Å². The van der Waals surface area contributed by atoms with Crippen LogP contribution in [-0.4, -0.2) is 37.3 Å². The van der Waals surface area contributed by atoms with Crippen LogP contribution in [0.15, 0.2) is 53.6 Å². The number of carbonyl (C=O) groups excluding carboxylic acids is 1. The molecule has 0 unspecified atom stereocenters. The maximum atomic E-state index is 12.1. The van der Waals surface area contributed by atoms with Crippen molar-refractivity contribution in [2.75, 3.05) is 0 Å². The van der Waals surface area contributed by atoms with Gasteiger partial charge in [-0.05, 0) is 6.07 Å². The molecule has 2 aromatic carbocycles. The Balaban J connectivity index is 1.78. The first-order chi connectivity index (χ1) is 13.9. The zero-order valence-electron chi connectivity index (χ0n) is 14.5. The van der Waals surface area contributed by atoms with Gasteiger partial charge in [-0.1, -0.05) is 30.3 Å². The molecule has 0 atom stereocenters. The number of amides is 1. The molecule has 0 fully saturated rings. The van der Waals surface area contributed by atoms with Crippen molar-refractivity contribution >= 4 is 23.5 Å². The topological polar surface area (TPSA) is 177 Å². The first kappa shape index (κ1) is 19.2. The fourth-order valence-electron chi connectivity index (χ4n) is 2.38. The normalized spacial score (nSPS) is 10.8. The molecular formula is C17H12N6O6. The van der Waals surface area contributed by atoms with Crippen molar-refractivity contribution in [3.63, 3.8) is 0 Å². The molecule has 0 bridgehead atoms. The minimum atomic E-state index is -0.964. The predicted molar refractivity (Wildman–Crippen MR) is 100 cm³/mol. The van der Waals surface area contributed by atoms with Crippen LogP contribution >= 0.6 is 0 Å². The van der Waals surface area contributed by atoms with Gasteiger partial charge in [0.15, 0.2) is 0 Å².